The summed E-state index contributed by atoms with van der Waals surface area (Å²) in [7, 11) is -4.68. The molecule has 0 spiro atoms. The van der Waals surface area contributed by atoms with E-state index >= 15 is 0 Å². The zero-order chi connectivity index (χ0) is 17.7. The fourth-order valence-electron chi connectivity index (χ4n) is 2.16. The topological polar surface area (TPSA) is 82.6 Å². The number of methoxy groups -OCH3 is 1. The largest absolute Gasteiger partial charge is 0.534 e. The first kappa shape index (κ1) is 17.0. The Morgan fingerprint density at radius 1 is 1.38 bits per heavy atom. The zero-order valence-corrected chi connectivity index (χ0v) is 13.7. The van der Waals surface area contributed by atoms with Gasteiger partial charge in [0.05, 0.1) is 22.9 Å². The van der Waals surface area contributed by atoms with Crippen molar-refractivity contribution < 1.29 is 35.3 Å². The van der Waals surface area contributed by atoms with E-state index in [1.165, 1.54) is 22.8 Å². The van der Waals surface area contributed by atoms with Gasteiger partial charge in [-0.25, -0.2) is 9.78 Å². The molecule has 0 atom stereocenters. The van der Waals surface area contributed by atoms with E-state index in [-0.39, 0.29) is 17.0 Å². The van der Waals surface area contributed by atoms with E-state index in [9.17, 15) is 26.4 Å². The average Bonchev–Trinajstić information content (AvgIpc) is 3.24. The van der Waals surface area contributed by atoms with Gasteiger partial charge >= 0.3 is 21.6 Å². The number of carbonyl (C=O) groups excluding carboxylic acids is 1. The summed E-state index contributed by atoms with van der Waals surface area (Å²) in [6.07, 6.45) is 1.63. The molecule has 1 fully saturated rings. The van der Waals surface area contributed by atoms with Crippen LogP contribution in [-0.2, 0) is 14.9 Å². The molecule has 2 aromatic heterocycles. The normalized spacial score (nSPS) is 15.5. The standard InChI is InChI=1S/C13H10F3NO5S2/c1-21-12(18)8-5-23-11-7(6-2-3-6)4-9(17-10(8)11)22-24(19,20)13(14,15)16/h4-6H,2-3H2,1H3. The van der Waals surface area contributed by atoms with Crippen molar-refractivity contribution in [2.24, 2.45) is 0 Å². The van der Waals surface area contributed by atoms with Crippen LogP contribution in [0.15, 0.2) is 11.4 Å². The molecule has 0 aliphatic heterocycles. The van der Waals surface area contributed by atoms with Gasteiger partial charge in [-0.3, -0.25) is 0 Å². The first-order chi connectivity index (χ1) is 11.1. The van der Waals surface area contributed by atoms with Crippen molar-refractivity contribution in [2.45, 2.75) is 24.3 Å². The van der Waals surface area contributed by atoms with E-state index in [0.717, 1.165) is 20.0 Å². The molecule has 11 heteroatoms. The van der Waals surface area contributed by atoms with E-state index in [0.29, 0.717) is 10.3 Å². The number of aromatic nitrogens is 1. The molecule has 1 saturated carbocycles. The van der Waals surface area contributed by atoms with Crippen molar-refractivity contribution in [3.63, 3.8) is 0 Å². The maximum Gasteiger partial charge on any atom is 0.534 e. The fourth-order valence-corrected chi connectivity index (χ4v) is 3.64. The molecule has 130 valence electrons. The molecule has 1 aliphatic rings. The Morgan fingerprint density at radius 2 is 2.04 bits per heavy atom. The number of rotatable bonds is 4. The molecular formula is C13H10F3NO5S2. The number of esters is 1. The minimum Gasteiger partial charge on any atom is -0.465 e. The Balaban J connectivity index is 2.14. The van der Waals surface area contributed by atoms with Crippen molar-refractivity contribution >= 4 is 37.6 Å². The molecule has 2 heterocycles. The summed E-state index contributed by atoms with van der Waals surface area (Å²) in [5, 5.41) is 1.47. The maximum absolute atomic E-state index is 12.5. The molecule has 0 aromatic carbocycles. The lowest BCUT2D eigenvalue weighted by molar-refractivity contribution is -0.0501. The van der Waals surface area contributed by atoms with Crippen LogP contribution in [0.25, 0.3) is 10.2 Å². The predicted octanol–water partition coefficient (Wildman–Crippen LogP) is 3.19. The number of thiophene rings is 1. The van der Waals surface area contributed by atoms with E-state index in [1.807, 2.05) is 0 Å². The lowest BCUT2D eigenvalue weighted by atomic mass is 10.1. The predicted molar refractivity (Wildman–Crippen MR) is 78.5 cm³/mol. The molecule has 0 saturated heterocycles. The van der Waals surface area contributed by atoms with E-state index < -0.39 is 27.5 Å². The summed E-state index contributed by atoms with van der Waals surface area (Å²) in [4.78, 5) is 15.5. The summed E-state index contributed by atoms with van der Waals surface area (Å²) in [5.74, 6) is -1.35. The zero-order valence-electron chi connectivity index (χ0n) is 12.1. The van der Waals surface area contributed by atoms with Crippen LogP contribution in [-0.4, -0.2) is 32.0 Å². The van der Waals surface area contributed by atoms with Gasteiger partial charge in [-0.2, -0.15) is 21.6 Å². The highest BCUT2D eigenvalue weighted by Gasteiger charge is 2.49. The third kappa shape index (κ3) is 2.93. The number of hydrogen-bond donors (Lipinski definition) is 0. The van der Waals surface area contributed by atoms with Crippen LogP contribution in [0.3, 0.4) is 0 Å². The third-order valence-electron chi connectivity index (χ3n) is 3.43. The molecule has 0 bridgehead atoms. The average molecular weight is 381 g/mol. The molecule has 2 aromatic rings. The van der Waals surface area contributed by atoms with Crippen LogP contribution in [0, 0.1) is 0 Å². The Hall–Kier alpha value is -1.88. The van der Waals surface area contributed by atoms with Gasteiger partial charge in [-0.05, 0) is 24.3 Å². The summed E-state index contributed by atoms with van der Waals surface area (Å²) in [5.41, 5.74) is -4.83. The van der Waals surface area contributed by atoms with E-state index in [1.54, 1.807) is 0 Å². The number of carbonyl (C=O) groups is 1. The van der Waals surface area contributed by atoms with Crippen molar-refractivity contribution in [3.05, 3.63) is 22.6 Å². The van der Waals surface area contributed by atoms with Gasteiger partial charge in [0.15, 0.2) is 0 Å². The second-order valence-electron chi connectivity index (χ2n) is 5.13. The fraction of sp³-hybridized carbons (Fsp3) is 0.385. The number of halogens is 3. The van der Waals surface area contributed by atoms with Crippen LogP contribution >= 0.6 is 11.3 Å². The molecule has 1 aliphatic carbocycles. The van der Waals surface area contributed by atoms with Crippen LogP contribution in [0.2, 0.25) is 0 Å². The third-order valence-corrected chi connectivity index (χ3v) is 5.40. The van der Waals surface area contributed by atoms with Gasteiger partial charge in [0.1, 0.15) is 0 Å². The Labute approximate surface area is 138 Å². The molecule has 0 amide bonds. The molecule has 6 nitrogen and oxygen atoms in total. The number of nitrogens with zero attached hydrogens (tertiary/aromatic N) is 1. The van der Waals surface area contributed by atoms with Crippen LogP contribution in [0.1, 0.15) is 34.7 Å². The van der Waals surface area contributed by atoms with Crippen molar-refractivity contribution in [3.8, 4) is 5.88 Å². The molecule has 0 unspecified atom stereocenters. The monoisotopic (exact) mass is 381 g/mol. The number of ether oxygens (including phenoxy) is 1. The van der Waals surface area contributed by atoms with Crippen LogP contribution in [0.5, 0.6) is 5.88 Å². The highest BCUT2D eigenvalue weighted by molar-refractivity contribution is 7.87. The quantitative estimate of drug-likeness (QED) is 0.460. The Bertz CT molecular complexity index is 916. The van der Waals surface area contributed by atoms with Crippen molar-refractivity contribution in [2.75, 3.05) is 7.11 Å². The van der Waals surface area contributed by atoms with E-state index in [2.05, 4.69) is 13.9 Å². The van der Waals surface area contributed by atoms with Gasteiger partial charge in [-0.1, -0.05) is 0 Å². The maximum atomic E-state index is 12.5. The number of hydrogen-bond acceptors (Lipinski definition) is 7. The smallest absolute Gasteiger partial charge is 0.465 e. The Morgan fingerprint density at radius 3 is 2.58 bits per heavy atom. The SMILES string of the molecule is COC(=O)c1csc2c(C3CC3)cc(OS(=O)(=O)C(F)(F)F)nc12. The molecule has 0 radical (unpaired) electrons. The highest BCUT2D eigenvalue weighted by Crippen LogP contribution is 2.46. The van der Waals surface area contributed by atoms with Gasteiger partial charge in [0.25, 0.3) is 0 Å². The van der Waals surface area contributed by atoms with Crippen LogP contribution < -0.4 is 4.18 Å². The summed E-state index contributed by atoms with van der Waals surface area (Å²) >= 11 is 1.19. The minimum absolute atomic E-state index is 0.0502. The number of pyridine rings is 1. The van der Waals surface area contributed by atoms with Crippen molar-refractivity contribution in [1.29, 1.82) is 0 Å². The Kier molecular flexibility index (Phi) is 3.95. The second-order valence-corrected chi connectivity index (χ2v) is 7.54. The first-order valence-electron chi connectivity index (χ1n) is 6.65. The van der Waals surface area contributed by atoms with Gasteiger partial charge < -0.3 is 8.92 Å². The summed E-state index contributed by atoms with van der Waals surface area (Å²) in [6, 6.07) is 1.18. The minimum atomic E-state index is -5.84. The summed E-state index contributed by atoms with van der Waals surface area (Å²) < 4.78 is 69.2. The molecule has 3 rings (SSSR count). The van der Waals surface area contributed by atoms with E-state index in [4.69, 9.17) is 0 Å². The lowest BCUT2D eigenvalue weighted by Gasteiger charge is -2.10. The van der Waals surface area contributed by atoms with Gasteiger partial charge in [0.2, 0.25) is 5.88 Å². The summed E-state index contributed by atoms with van der Waals surface area (Å²) in [6.45, 7) is 0. The number of fused-ring (bicyclic) bond motifs is 1. The van der Waals surface area contributed by atoms with Gasteiger partial charge in [0, 0.05) is 11.4 Å². The molecular weight excluding hydrogens is 371 g/mol. The highest BCUT2D eigenvalue weighted by atomic mass is 32.2. The molecule has 0 N–H and O–H groups in total. The molecule has 24 heavy (non-hydrogen) atoms. The second kappa shape index (κ2) is 5.59. The van der Waals surface area contributed by atoms with Crippen LogP contribution in [0.4, 0.5) is 13.2 Å². The number of alkyl halides is 3. The van der Waals surface area contributed by atoms with Gasteiger partial charge in [-0.15, -0.1) is 11.3 Å². The first-order valence-corrected chi connectivity index (χ1v) is 8.94. The lowest BCUT2D eigenvalue weighted by Crippen LogP contribution is -2.28. The van der Waals surface area contributed by atoms with Crippen molar-refractivity contribution in [1.82, 2.24) is 4.98 Å².